The highest BCUT2D eigenvalue weighted by atomic mass is 16.5. The Labute approximate surface area is 155 Å². The van der Waals surface area contributed by atoms with Crippen LogP contribution in [0.15, 0.2) is 42.5 Å². The van der Waals surface area contributed by atoms with Crippen molar-refractivity contribution in [2.24, 2.45) is 0 Å². The van der Waals surface area contributed by atoms with Gasteiger partial charge in [-0.25, -0.2) is 4.79 Å². The van der Waals surface area contributed by atoms with Gasteiger partial charge in [-0.1, -0.05) is 12.1 Å². The van der Waals surface area contributed by atoms with E-state index in [-0.39, 0.29) is 17.8 Å². The van der Waals surface area contributed by atoms with Gasteiger partial charge in [0.15, 0.2) is 6.10 Å². The van der Waals surface area contributed by atoms with E-state index < -0.39 is 23.9 Å². The largest absolute Gasteiger partial charge is 0.495 e. The first-order valence-electron chi connectivity index (χ1n) is 8.19. The van der Waals surface area contributed by atoms with Crippen molar-refractivity contribution in [1.29, 1.82) is 0 Å². The Kier molecular flexibility index (Phi) is 4.98. The van der Waals surface area contributed by atoms with Gasteiger partial charge in [0.25, 0.3) is 5.91 Å². The van der Waals surface area contributed by atoms with Gasteiger partial charge in [-0.15, -0.1) is 0 Å². The fraction of sp³-hybridized carbons (Fsp3) is 0.211. The molecule has 2 aromatic carbocycles. The van der Waals surface area contributed by atoms with Gasteiger partial charge in [-0.3, -0.25) is 14.5 Å². The summed E-state index contributed by atoms with van der Waals surface area (Å²) < 4.78 is 10.7. The van der Waals surface area contributed by atoms with Crippen molar-refractivity contribution in [2.45, 2.75) is 13.0 Å². The van der Waals surface area contributed by atoms with Gasteiger partial charge < -0.3 is 19.9 Å². The van der Waals surface area contributed by atoms with E-state index in [9.17, 15) is 19.5 Å². The van der Waals surface area contributed by atoms with E-state index in [0.717, 1.165) is 0 Å². The number of carboxylic acid groups (broad SMARTS) is 1. The third kappa shape index (κ3) is 3.69. The summed E-state index contributed by atoms with van der Waals surface area (Å²) in [7, 11) is 1.49. The molecule has 1 atom stereocenters. The molecular formula is C19H18N2O6. The summed E-state index contributed by atoms with van der Waals surface area (Å²) in [5.74, 6) is -1.19. The average Bonchev–Trinajstić information content (AvgIpc) is 2.65. The van der Waals surface area contributed by atoms with Crippen LogP contribution in [0.3, 0.4) is 0 Å². The Morgan fingerprint density at radius 3 is 2.70 bits per heavy atom. The molecule has 0 aliphatic carbocycles. The topological polar surface area (TPSA) is 105 Å². The predicted molar refractivity (Wildman–Crippen MR) is 97.5 cm³/mol. The second kappa shape index (κ2) is 7.36. The lowest BCUT2D eigenvalue weighted by molar-refractivity contribution is -0.127. The molecule has 0 radical (unpaired) electrons. The Hall–Kier alpha value is -3.55. The van der Waals surface area contributed by atoms with Gasteiger partial charge in [-0.2, -0.15) is 0 Å². The molecule has 2 N–H and O–H groups in total. The second-order valence-electron chi connectivity index (χ2n) is 5.92. The van der Waals surface area contributed by atoms with Crippen LogP contribution in [0.4, 0.5) is 11.4 Å². The molecule has 0 saturated heterocycles. The summed E-state index contributed by atoms with van der Waals surface area (Å²) in [6, 6.07) is 11.1. The molecule has 1 aliphatic heterocycles. The van der Waals surface area contributed by atoms with Gasteiger partial charge in [0.05, 0.1) is 24.0 Å². The highest BCUT2D eigenvalue weighted by Gasteiger charge is 2.33. The summed E-state index contributed by atoms with van der Waals surface area (Å²) in [5.41, 5.74) is 0.710. The molecule has 0 fully saturated rings. The van der Waals surface area contributed by atoms with Crippen LogP contribution in [0.1, 0.15) is 17.3 Å². The number of anilines is 2. The first kappa shape index (κ1) is 18.2. The van der Waals surface area contributed by atoms with Crippen LogP contribution < -0.4 is 19.7 Å². The predicted octanol–water partition coefficient (Wildman–Crippen LogP) is 2.15. The Bertz CT molecular complexity index is 911. The molecule has 1 unspecified atom stereocenters. The van der Waals surface area contributed by atoms with Gasteiger partial charge in [-0.05, 0) is 37.3 Å². The van der Waals surface area contributed by atoms with Crippen LogP contribution >= 0.6 is 0 Å². The number of benzene rings is 2. The first-order chi connectivity index (χ1) is 12.9. The molecule has 2 amide bonds. The number of nitrogens with zero attached hydrogens (tertiary/aromatic N) is 1. The third-order valence-corrected chi connectivity index (χ3v) is 4.10. The van der Waals surface area contributed by atoms with Crippen LogP contribution in [-0.4, -0.2) is 42.6 Å². The van der Waals surface area contributed by atoms with Gasteiger partial charge in [0.1, 0.15) is 18.0 Å². The number of hydrogen-bond acceptors (Lipinski definition) is 5. The number of amides is 2. The molecule has 0 saturated carbocycles. The van der Waals surface area contributed by atoms with E-state index in [2.05, 4.69) is 5.32 Å². The summed E-state index contributed by atoms with van der Waals surface area (Å²) >= 11 is 0. The fourth-order valence-corrected chi connectivity index (χ4v) is 2.78. The highest BCUT2D eigenvalue weighted by molar-refractivity contribution is 6.07. The second-order valence-corrected chi connectivity index (χ2v) is 5.92. The number of carbonyl (C=O) groups is 3. The molecular weight excluding hydrogens is 352 g/mol. The minimum Gasteiger partial charge on any atom is -0.495 e. The fourth-order valence-electron chi connectivity index (χ4n) is 2.78. The Balaban J connectivity index is 1.87. The van der Waals surface area contributed by atoms with E-state index in [1.54, 1.807) is 31.2 Å². The lowest BCUT2D eigenvalue weighted by Crippen LogP contribution is -2.47. The van der Waals surface area contributed by atoms with Crippen molar-refractivity contribution in [1.82, 2.24) is 0 Å². The quantitative estimate of drug-likeness (QED) is 0.835. The SMILES string of the molecule is COc1ccccc1NC(=O)CN1C(=O)C(C)Oc2ccc(C(=O)O)cc21. The lowest BCUT2D eigenvalue weighted by Gasteiger charge is -2.32. The lowest BCUT2D eigenvalue weighted by atomic mass is 10.1. The number of rotatable bonds is 5. The minimum atomic E-state index is -1.14. The molecule has 1 heterocycles. The standard InChI is InChI=1S/C19H18N2O6/c1-11-18(23)21(14-9-12(19(24)25)7-8-16(14)27-11)10-17(22)20-13-5-3-4-6-15(13)26-2/h3-9,11H,10H2,1-2H3,(H,20,22)(H,24,25). The van der Waals surface area contributed by atoms with E-state index in [0.29, 0.717) is 17.2 Å². The number of hydrogen-bond donors (Lipinski definition) is 2. The smallest absolute Gasteiger partial charge is 0.335 e. The minimum absolute atomic E-state index is 0.00478. The highest BCUT2D eigenvalue weighted by Crippen LogP contribution is 2.35. The summed E-state index contributed by atoms with van der Waals surface area (Å²) in [6.07, 6.45) is -0.785. The van der Waals surface area contributed by atoms with Gasteiger partial charge in [0, 0.05) is 0 Å². The van der Waals surface area contributed by atoms with E-state index in [1.807, 2.05) is 0 Å². The molecule has 27 heavy (non-hydrogen) atoms. The molecule has 0 spiro atoms. The van der Waals surface area contributed by atoms with Crippen molar-refractivity contribution in [2.75, 3.05) is 23.9 Å². The number of aromatic carboxylic acids is 1. The van der Waals surface area contributed by atoms with E-state index >= 15 is 0 Å². The molecule has 8 nitrogen and oxygen atoms in total. The van der Waals surface area contributed by atoms with Gasteiger partial charge >= 0.3 is 5.97 Å². The molecule has 8 heteroatoms. The van der Waals surface area contributed by atoms with Crippen molar-refractivity contribution in [3.05, 3.63) is 48.0 Å². The third-order valence-electron chi connectivity index (χ3n) is 4.10. The number of para-hydroxylation sites is 2. The van der Waals surface area contributed by atoms with Crippen molar-refractivity contribution in [3.8, 4) is 11.5 Å². The number of methoxy groups -OCH3 is 1. The zero-order valence-electron chi connectivity index (χ0n) is 14.8. The number of carboxylic acids is 1. The molecule has 0 aromatic heterocycles. The summed E-state index contributed by atoms with van der Waals surface area (Å²) in [6.45, 7) is 1.28. The summed E-state index contributed by atoms with van der Waals surface area (Å²) in [4.78, 5) is 37.5. The number of ether oxygens (including phenoxy) is 2. The average molecular weight is 370 g/mol. The Morgan fingerprint density at radius 1 is 1.26 bits per heavy atom. The van der Waals surface area contributed by atoms with Crippen molar-refractivity contribution in [3.63, 3.8) is 0 Å². The molecule has 140 valence electrons. The maximum atomic E-state index is 12.5. The summed E-state index contributed by atoms with van der Waals surface area (Å²) in [5, 5.41) is 11.9. The van der Waals surface area contributed by atoms with E-state index in [4.69, 9.17) is 9.47 Å². The number of nitrogens with one attached hydrogen (secondary N) is 1. The molecule has 0 bridgehead atoms. The van der Waals surface area contributed by atoms with E-state index in [1.165, 1.54) is 30.2 Å². The maximum Gasteiger partial charge on any atom is 0.335 e. The molecule has 1 aliphatic rings. The van der Waals surface area contributed by atoms with Gasteiger partial charge in [0.2, 0.25) is 5.91 Å². The van der Waals surface area contributed by atoms with Crippen LogP contribution in [0.25, 0.3) is 0 Å². The maximum absolute atomic E-state index is 12.5. The monoisotopic (exact) mass is 370 g/mol. The van der Waals surface area contributed by atoms with Crippen molar-refractivity contribution >= 4 is 29.2 Å². The Morgan fingerprint density at radius 2 is 2.00 bits per heavy atom. The number of fused-ring (bicyclic) bond motifs is 1. The van der Waals surface area contributed by atoms with Crippen LogP contribution in [0.2, 0.25) is 0 Å². The van der Waals surface area contributed by atoms with Crippen LogP contribution in [0, 0.1) is 0 Å². The van der Waals surface area contributed by atoms with Crippen LogP contribution in [-0.2, 0) is 9.59 Å². The van der Waals surface area contributed by atoms with Crippen LogP contribution in [0.5, 0.6) is 11.5 Å². The first-order valence-corrected chi connectivity index (χ1v) is 8.19. The van der Waals surface area contributed by atoms with Crippen molar-refractivity contribution < 1.29 is 29.0 Å². The normalized spacial score (nSPS) is 15.6. The zero-order valence-corrected chi connectivity index (χ0v) is 14.8. The molecule has 2 aromatic rings. The number of carbonyl (C=O) groups excluding carboxylic acids is 2. The zero-order chi connectivity index (χ0) is 19.6. The molecule has 3 rings (SSSR count).